The first-order chi connectivity index (χ1) is 12.2. The standard InChI is InChI=1S/C19H16N4O2/c20-11-18(24)21-14-7-8-15-16(10-14)23-19(22-15)13-5-3-12(4-6-13)17-2-1-9-25-17/h1-10H,11,20H2,(H,21,24)(H,22,23). The maximum Gasteiger partial charge on any atom is 0.238 e. The molecule has 0 fully saturated rings. The molecule has 0 aliphatic carbocycles. The zero-order valence-corrected chi connectivity index (χ0v) is 13.3. The third-order valence-corrected chi connectivity index (χ3v) is 3.92. The van der Waals surface area contributed by atoms with E-state index in [4.69, 9.17) is 10.2 Å². The van der Waals surface area contributed by atoms with Gasteiger partial charge < -0.3 is 20.5 Å². The molecule has 0 radical (unpaired) electrons. The fourth-order valence-electron chi connectivity index (χ4n) is 2.67. The van der Waals surface area contributed by atoms with Gasteiger partial charge in [-0.15, -0.1) is 0 Å². The van der Waals surface area contributed by atoms with E-state index in [1.165, 1.54) is 0 Å². The number of amides is 1. The van der Waals surface area contributed by atoms with E-state index in [1.807, 2.05) is 48.5 Å². The van der Waals surface area contributed by atoms with E-state index in [0.717, 1.165) is 33.7 Å². The number of hydrogen-bond donors (Lipinski definition) is 3. The summed E-state index contributed by atoms with van der Waals surface area (Å²) in [6.45, 7) is -0.0473. The van der Waals surface area contributed by atoms with E-state index >= 15 is 0 Å². The summed E-state index contributed by atoms with van der Waals surface area (Å²) in [7, 11) is 0. The monoisotopic (exact) mass is 332 g/mol. The highest BCUT2D eigenvalue weighted by atomic mass is 16.3. The van der Waals surface area contributed by atoms with Crippen LogP contribution in [0.3, 0.4) is 0 Å². The maximum atomic E-state index is 11.4. The molecular formula is C19H16N4O2. The highest BCUT2D eigenvalue weighted by molar-refractivity contribution is 5.94. The predicted molar refractivity (Wildman–Crippen MR) is 96.9 cm³/mol. The van der Waals surface area contributed by atoms with Gasteiger partial charge in [-0.3, -0.25) is 4.79 Å². The van der Waals surface area contributed by atoms with Crippen molar-refractivity contribution >= 4 is 22.6 Å². The molecule has 0 bridgehead atoms. The Bertz CT molecular complexity index is 1020. The normalized spacial score (nSPS) is 10.9. The van der Waals surface area contributed by atoms with Crippen LogP contribution < -0.4 is 11.1 Å². The van der Waals surface area contributed by atoms with E-state index < -0.39 is 0 Å². The van der Waals surface area contributed by atoms with Crippen LogP contribution in [0, 0.1) is 0 Å². The summed E-state index contributed by atoms with van der Waals surface area (Å²) in [6.07, 6.45) is 1.66. The number of hydrogen-bond acceptors (Lipinski definition) is 4. The number of furan rings is 1. The molecule has 0 aliphatic heterocycles. The Labute approximate surface area is 143 Å². The average Bonchev–Trinajstić information content (AvgIpc) is 3.31. The summed E-state index contributed by atoms with van der Waals surface area (Å²) in [5, 5.41) is 2.73. The Morgan fingerprint density at radius 2 is 1.92 bits per heavy atom. The van der Waals surface area contributed by atoms with E-state index in [-0.39, 0.29) is 12.5 Å². The van der Waals surface area contributed by atoms with Crippen molar-refractivity contribution in [2.45, 2.75) is 0 Å². The summed E-state index contributed by atoms with van der Waals surface area (Å²) in [5.74, 6) is 1.37. The van der Waals surface area contributed by atoms with Crippen LogP contribution in [0.15, 0.2) is 65.3 Å². The summed E-state index contributed by atoms with van der Waals surface area (Å²) in [4.78, 5) is 19.3. The lowest BCUT2D eigenvalue weighted by Gasteiger charge is -2.02. The number of rotatable bonds is 4. The van der Waals surface area contributed by atoms with Crippen LogP contribution in [-0.4, -0.2) is 22.4 Å². The van der Waals surface area contributed by atoms with Gasteiger partial charge in [0.05, 0.1) is 23.8 Å². The van der Waals surface area contributed by atoms with Gasteiger partial charge >= 0.3 is 0 Å². The van der Waals surface area contributed by atoms with Gasteiger partial charge in [-0.25, -0.2) is 4.98 Å². The molecule has 6 nitrogen and oxygen atoms in total. The number of aromatic amines is 1. The summed E-state index contributed by atoms with van der Waals surface area (Å²) < 4.78 is 5.40. The molecule has 0 saturated carbocycles. The largest absolute Gasteiger partial charge is 0.464 e. The number of nitrogens with two attached hydrogens (primary N) is 1. The van der Waals surface area contributed by atoms with Crippen LogP contribution in [0.2, 0.25) is 0 Å². The molecule has 25 heavy (non-hydrogen) atoms. The van der Waals surface area contributed by atoms with E-state index in [9.17, 15) is 4.79 Å². The summed E-state index contributed by atoms with van der Waals surface area (Å²) >= 11 is 0. The van der Waals surface area contributed by atoms with E-state index in [2.05, 4.69) is 15.3 Å². The first kappa shape index (κ1) is 15.2. The van der Waals surface area contributed by atoms with Crippen molar-refractivity contribution in [1.29, 1.82) is 0 Å². The second-order valence-electron chi connectivity index (χ2n) is 5.62. The fourth-order valence-corrected chi connectivity index (χ4v) is 2.67. The van der Waals surface area contributed by atoms with Crippen LogP contribution in [0.25, 0.3) is 33.7 Å². The molecule has 2 aromatic heterocycles. The topological polar surface area (TPSA) is 96.9 Å². The molecule has 0 spiro atoms. The molecule has 4 aromatic rings. The highest BCUT2D eigenvalue weighted by Crippen LogP contribution is 2.26. The highest BCUT2D eigenvalue weighted by Gasteiger charge is 2.08. The second-order valence-corrected chi connectivity index (χ2v) is 5.62. The Balaban J connectivity index is 1.64. The number of benzene rings is 2. The lowest BCUT2D eigenvalue weighted by Crippen LogP contribution is -2.21. The number of aromatic nitrogens is 2. The third kappa shape index (κ3) is 3.02. The van der Waals surface area contributed by atoms with E-state index in [1.54, 1.807) is 12.3 Å². The molecule has 0 saturated heterocycles. The van der Waals surface area contributed by atoms with Gasteiger partial charge in [0, 0.05) is 16.8 Å². The minimum absolute atomic E-state index is 0.0473. The molecule has 0 aliphatic rings. The van der Waals surface area contributed by atoms with Gasteiger partial charge in [-0.2, -0.15) is 0 Å². The first-order valence-electron chi connectivity index (χ1n) is 7.87. The maximum absolute atomic E-state index is 11.4. The Morgan fingerprint density at radius 3 is 2.64 bits per heavy atom. The molecule has 0 unspecified atom stereocenters. The summed E-state index contributed by atoms with van der Waals surface area (Å²) in [5.41, 5.74) is 9.67. The van der Waals surface area contributed by atoms with Crippen molar-refractivity contribution in [1.82, 2.24) is 9.97 Å². The Hall–Kier alpha value is -3.38. The van der Waals surface area contributed by atoms with Crippen molar-refractivity contribution in [3.63, 3.8) is 0 Å². The fraction of sp³-hybridized carbons (Fsp3) is 0.0526. The molecule has 2 heterocycles. The number of carbonyl (C=O) groups excluding carboxylic acids is 1. The molecule has 124 valence electrons. The number of fused-ring (bicyclic) bond motifs is 1. The number of imidazole rings is 1. The van der Waals surface area contributed by atoms with Gasteiger partial charge in [0.1, 0.15) is 11.6 Å². The smallest absolute Gasteiger partial charge is 0.238 e. The minimum Gasteiger partial charge on any atom is -0.464 e. The lowest BCUT2D eigenvalue weighted by molar-refractivity contribution is -0.114. The number of H-pyrrole nitrogens is 1. The Morgan fingerprint density at radius 1 is 1.12 bits per heavy atom. The van der Waals surface area contributed by atoms with Gasteiger partial charge in [-0.05, 0) is 30.3 Å². The van der Waals surface area contributed by atoms with Gasteiger partial charge in [-0.1, -0.05) is 24.3 Å². The number of nitrogens with zero attached hydrogens (tertiary/aromatic N) is 1. The molecule has 1 amide bonds. The third-order valence-electron chi connectivity index (χ3n) is 3.92. The zero-order valence-electron chi connectivity index (χ0n) is 13.3. The average molecular weight is 332 g/mol. The van der Waals surface area contributed by atoms with Gasteiger partial charge in [0.2, 0.25) is 5.91 Å². The number of carbonyl (C=O) groups is 1. The molecular weight excluding hydrogens is 316 g/mol. The van der Waals surface area contributed by atoms with Crippen molar-refractivity contribution in [2.24, 2.45) is 5.73 Å². The van der Waals surface area contributed by atoms with Crippen LogP contribution in [0.1, 0.15) is 0 Å². The summed E-state index contributed by atoms with van der Waals surface area (Å²) in [6, 6.07) is 17.3. The van der Waals surface area contributed by atoms with Crippen LogP contribution in [-0.2, 0) is 4.79 Å². The van der Waals surface area contributed by atoms with E-state index in [0.29, 0.717) is 5.69 Å². The molecule has 0 atom stereocenters. The lowest BCUT2D eigenvalue weighted by atomic mass is 10.1. The zero-order chi connectivity index (χ0) is 17.2. The molecule has 4 N–H and O–H groups in total. The number of nitrogens with one attached hydrogen (secondary N) is 2. The van der Waals surface area contributed by atoms with Gasteiger partial charge in [0.15, 0.2) is 0 Å². The van der Waals surface area contributed by atoms with Crippen molar-refractivity contribution in [3.05, 3.63) is 60.9 Å². The molecule has 2 aromatic carbocycles. The van der Waals surface area contributed by atoms with Gasteiger partial charge in [0.25, 0.3) is 0 Å². The molecule has 6 heteroatoms. The van der Waals surface area contributed by atoms with Crippen LogP contribution in [0.5, 0.6) is 0 Å². The second kappa shape index (κ2) is 6.26. The van der Waals surface area contributed by atoms with Crippen LogP contribution in [0.4, 0.5) is 5.69 Å². The minimum atomic E-state index is -0.229. The SMILES string of the molecule is NCC(=O)Nc1ccc2nc(-c3ccc(-c4ccco4)cc3)[nH]c2c1. The first-order valence-corrected chi connectivity index (χ1v) is 7.87. The van der Waals surface area contributed by atoms with Crippen LogP contribution >= 0.6 is 0 Å². The molecule has 4 rings (SSSR count). The van der Waals surface area contributed by atoms with Crippen molar-refractivity contribution in [3.8, 4) is 22.7 Å². The number of anilines is 1. The predicted octanol–water partition coefficient (Wildman–Crippen LogP) is 3.39. The Kier molecular flexibility index (Phi) is 3.80. The van der Waals surface area contributed by atoms with Crippen molar-refractivity contribution < 1.29 is 9.21 Å². The van der Waals surface area contributed by atoms with Crippen molar-refractivity contribution in [2.75, 3.05) is 11.9 Å². The quantitative estimate of drug-likeness (QED) is 0.533.